The number of ketones is 3. The molecule has 1 aromatic carbocycles. The number of amides is 2. The highest BCUT2D eigenvalue weighted by atomic mass is 19.1. The van der Waals surface area contributed by atoms with Crippen LogP contribution in [0.5, 0.6) is 5.75 Å². The Kier molecular flexibility index (Phi) is 19.6. The first-order valence-corrected chi connectivity index (χ1v) is 19.7. The van der Waals surface area contributed by atoms with Gasteiger partial charge in [-0.1, -0.05) is 54.9 Å². The minimum absolute atomic E-state index is 0.0116. The number of nitrogens with zero attached hydrogens (tertiary/aromatic N) is 2. The second kappa shape index (κ2) is 22.5. The zero-order chi connectivity index (χ0) is 41.7. The Labute approximate surface area is 328 Å². The van der Waals surface area contributed by atoms with Crippen molar-refractivity contribution in [2.24, 2.45) is 29.6 Å². The van der Waals surface area contributed by atoms with Gasteiger partial charge in [0.15, 0.2) is 11.6 Å². The molecule has 0 unspecified atom stereocenters. The highest BCUT2D eigenvalue weighted by Crippen LogP contribution is 2.32. The number of ether oxygens (including phenoxy) is 4. The van der Waals surface area contributed by atoms with Crippen LogP contribution in [0.4, 0.5) is 4.39 Å². The van der Waals surface area contributed by atoms with Crippen LogP contribution in [0.1, 0.15) is 97.3 Å². The zero-order valence-corrected chi connectivity index (χ0v) is 35.5. The van der Waals surface area contributed by atoms with E-state index in [1.165, 1.54) is 33.5 Å². The largest absolute Gasteiger partial charge is 0.497 e. The second-order valence-corrected chi connectivity index (χ2v) is 15.8. The third kappa shape index (κ3) is 12.4. The first kappa shape index (κ1) is 47.9. The fourth-order valence-electron chi connectivity index (χ4n) is 8.02. The summed E-state index contributed by atoms with van der Waals surface area (Å²) in [6, 6.07) is 2.61. The molecular formula is C42H68FN3O9. The number of carbonyl (C=O) groups excluding carboxylic acids is 5. The maximum Gasteiger partial charge on any atom is 0.226 e. The van der Waals surface area contributed by atoms with Gasteiger partial charge in [0.2, 0.25) is 11.8 Å². The first-order chi connectivity index (χ1) is 25.9. The Bertz CT molecular complexity index is 1440. The third-order valence-corrected chi connectivity index (χ3v) is 11.6. The number of nitrogens with one attached hydrogen (secondary N) is 1. The van der Waals surface area contributed by atoms with Gasteiger partial charge in [0.25, 0.3) is 0 Å². The van der Waals surface area contributed by atoms with Crippen LogP contribution < -0.4 is 10.1 Å². The van der Waals surface area contributed by atoms with Crippen LogP contribution in [-0.2, 0) is 33.4 Å². The molecule has 0 radical (unpaired) electrons. The Hall–Kier alpha value is -3.26. The molecule has 1 N–H and O–H groups in total. The van der Waals surface area contributed by atoms with Gasteiger partial charge in [0, 0.05) is 72.1 Å². The molecule has 1 fully saturated rings. The molecule has 1 aromatic rings. The highest BCUT2D eigenvalue weighted by molar-refractivity contribution is 5.98. The van der Waals surface area contributed by atoms with Crippen molar-refractivity contribution in [1.82, 2.24) is 15.1 Å². The van der Waals surface area contributed by atoms with Crippen molar-refractivity contribution in [3.63, 3.8) is 0 Å². The van der Waals surface area contributed by atoms with E-state index in [-0.39, 0.29) is 96.8 Å². The standard InChI is InChI=1S/C42H68FN3O9/c1-14-26(6)40(45(9)42(51)31(24(2)3)21-36(49)39(44-8)25(4)5)37(54-12)22-38(50)46-23-29(53-11)20-33(46)41(55-13)27(7)34(47)17-18-35(48)30-16-15-28(52-10)19-32(30)43/h15-16,19,24-27,29,31,33,37,39-41,44H,14,17-18,20-23H2,1-13H3/t26-,27-,29+,31-,33-,37+,39-,40-,41+/m0/s1. The number of hydrogen-bond acceptors (Lipinski definition) is 10. The van der Waals surface area contributed by atoms with E-state index in [1.54, 1.807) is 37.9 Å². The Balaban J connectivity index is 2.30. The van der Waals surface area contributed by atoms with Gasteiger partial charge in [-0.3, -0.25) is 24.0 Å². The number of benzene rings is 1. The van der Waals surface area contributed by atoms with E-state index in [9.17, 15) is 28.4 Å². The van der Waals surface area contributed by atoms with Gasteiger partial charge >= 0.3 is 0 Å². The van der Waals surface area contributed by atoms with Crippen LogP contribution in [0, 0.1) is 35.4 Å². The van der Waals surface area contributed by atoms with Crippen molar-refractivity contribution in [2.45, 2.75) is 123 Å². The third-order valence-electron chi connectivity index (χ3n) is 11.6. The molecule has 312 valence electrons. The molecule has 0 saturated carbocycles. The molecule has 55 heavy (non-hydrogen) atoms. The lowest BCUT2D eigenvalue weighted by atomic mass is 9.84. The van der Waals surface area contributed by atoms with E-state index >= 15 is 0 Å². The van der Waals surface area contributed by atoms with Crippen molar-refractivity contribution in [3.05, 3.63) is 29.6 Å². The summed E-state index contributed by atoms with van der Waals surface area (Å²) < 4.78 is 37.2. The molecule has 2 rings (SSSR count). The number of Topliss-reactive ketones (excluding diaryl/α,β-unsaturated/α-hetero) is 3. The summed E-state index contributed by atoms with van der Waals surface area (Å²) in [5.74, 6) is -2.92. The minimum Gasteiger partial charge on any atom is -0.497 e. The molecule has 9 atom stereocenters. The lowest BCUT2D eigenvalue weighted by Crippen LogP contribution is -2.54. The summed E-state index contributed by atoms with van der Waals surface area (Å²) in [6.45, 7) is 13.9. The minimum atomic E-state index is -0.718. The molecule has 1 aliphatic rings. The van der Waals surface area contributed by atoms with Crippen LogP contribution in [0.2, 0.25) is 0 Å². The predicted octanol–water partition coefficient (Wildman–Crippen LogP) is 5.39. The lowest BCUT2D eigenvalue weighted by molar-refractivity contribution is -0.149. The van der Waals surface area contributed by atoms with Crippen molar-refractivity contribution >= 4 is 29.2 Å². The van der Waals surface area contributed by atoms with Gasteiger partial charge in [-0.05, 0) is 43.4 Å². The normalized spacial score (nSPS) is 19.7. The van der Waals surface area contributed by atoms with Gasteiger partial charge in [0.1, 0.15) is 17.3 Å². The SMILES string of the molecule is CC[C@H](C)[C@@H]([C@@H](CC(=O)N1C[C@H](OC)C[C@H]1[C@H](OC)[C@@H](C)C(=O)CCC(=O)c1ccc(OC)cc1F)OC)N(C)C(=O)[C@@H](CC(=O)[C@@H](NC)C(C)C)C(C)C. The summed E-state index contributed by atoms with van der Waals surface area (Å²) in [5, 5.41) is 3.09. The quantitative estimate of drug-likeness (QED) is 0.136. The van der Waals surface area contributed by atoms with Gasteiger partial charge < -0.3 is 34.1 Å². The Morgan fingerprint density at radius 3 is 2.07 bits per heavy atom. The van der Waals surface area contributed by atoms with Gasteiger partial charge in [-0.2, -0.15) is 0 Å². The summed E-state index contributed by atoms with van der Waals surface area (Å²) in [7, 11) is 9.48. The average molecular weight is 778 g/mol. The fourth-order valence-corrected chi connectivity index (χ4v) is 8.02. The van der Waals surface area contributed by atoms with E-state index < -0.39 is 47.7 Å². The van der Waals surface area contributed by atoms with Crippen LogP contribution in [0.3, 0.4) is 0 Å². The van der Waals surface area contributed by atoms with Gasteiger partial charge in [-0.15, -0.1) is 0 Å². The van der Waals surface area contributed by atoms with Crippen LogP contribution in [0.25, 0.3) is 0 Å². The second-order valence-electron chi connectivity index (χ2n) is 15.8. The van der Waals surface area contributed by atoms with Gasteiger partial charge in [-0.25, -0.2) is 4.39 Å². The van der Waals surface area contributed by atoms with Crippen LogP contribution in [-0.4, -0.2) is 124 Å². The summed E-state index contributed by atoms with van der Waals surface area (Å²) in [4.78, 5) is 71.6. The van der Waals surface area contributed by atoms with Crippen LogP contribution in [0.15, 0.2) is 18.2 Å². The number of likely N-dealkylation sites (N-methyl/N-ethyl adjacent to an activating group) is 2. The molecular weight excluding hydrogens is 709 g/mol. The average Bonchev–Trinajstić information content (AvgIpc) is 3.59. The van der Waals surface area contributed by atoms with Crippen molar-refractivity contribution in [1.29, 1.82) is 0 Å². The van der Waals surface area contributed by atoms with E-state index in [4.69, 9.17) is 18.9 Å². The molecule has 0 aromatic heterocycles. The molecule has 1 heterocycles. The molecule has 1 aliphatic heterocycles. The smallest absolute Gasteiger partial charge is 0.226 e. The molecule has 1 saturated heterocycles. The maximum absolute atomic E-state index is 14.5. The summed E-state index contributed by atoms with van der Waals surface area (Å²) in [5.41, 5.74) is -0.113. The molecule has 0 aliphatic carbocycles. The van der Waals surface area contributed by atoms with E-state index in [0.29, 0.717) is 12.8 Å². The maximum atomic E-state index is 14.5. The molecule has 13 heteroatoms. The Morgan fingerprint density at radius 2 is 1.58 bits per heavy atom. The fraction of sp³-hybridized carbons (Fsp3) is 0.738. The van der Waals surface area contributed by atoms with Crippen LogP contribution >= 0.6 is 0 Å². The molecule has 12 nitrogen and oxygen atoms in total. The number of rotatable bonds is 24. The molecule has 2 amide bonds. The zero-order valence-electron chi connectivity index (χ0n) is 35.5. The van der Waals surface area contributed by atoms with Crippen molar-refractivity contribution < 1.29 is 47.3 Å². The van der Waals surface area contributed by atoms with Crippen molar-refractivity contribution in [2.75, 3.05) is 49.1 Å². The van der Waals surface area contributed by atoms with E-state index in [0.717, 1.165) is 6.07 Å². The Morgan fingerprint density at radius 1 is 0.927 bits per heavy atom. The number of carbonyl (C=O) groups is 5. The lowest BCUT2D eigenvalue weighted by Gasteiger charge is -2.41. The van der Waals surface area contributed by atoms with E-state index in [2.05, 4.69) is 5.32 Å². The van der Waals surface area contributed by atoms with Crippen molar-refractivity contribution in [3.8, 4) is 5.75 Å². The number of hydrogen-bond donors (Lipinski definition) is 1. The molecule has 0 spiro atoms. The number of likely N-dealkylation sites (tertiary alicyclic amines) is 1. The number of methoxy groups -OCH3 is 4. The van der Waals surface area contributed by atoms with Gasteiger partial charge in [0.05, 0.1) is 55.5 Å². The first-order valence-electron chi connectivity index (χ1n) is 19.7. The van der Waals surface area contributed by atoms with E-state index in [1.807, 2.05) is 41.5 Å². The predicted molar refractivity (Wildman–Crippen MR) is 209 cm³/mol. The summed E-state index contributed by atoms with van der Waals surface area (Å²) in [6.07, 6.45) is -0.805. The summed E-state index contributed by atoms with van der Waals surface area (Å²) >= 11 is 0. The highest BCUT2D eigenvalue weighted by Gasteiger charge is 2.45. The number of halogens is 1. The monoisotopic (exact) mass is 777 g/mol. The topological polar surface area (TPSA) is 141 Å². The molecule has 0 bridgehead atoms.